The molecule has 9 heteroatoms. The molecule has 1 heterocycles. The molecule has 1 aliphatic heterocycles. The molecule has 4 nitrogen and oxygen atoms in total. The van der Waals surface area contributed by atoms with Gasteiger partial charge in [0.2, 0.25) is 0 Å². The molecule has 25 heavy (non-hydrogen) atoms. The number of alkyl halides is 4. The number of thiocarbonyl (C=S) groups is 1. The number of hydrazone groups is 1. The lowest BCUT2D eigenvalue weighted by atomic mass is 9.80. The monoisotopic (exact) mass is 397 g/mol. The van der Waals surface area contributed by atoms with Gasteiger partial charge in [-0.1, -0.05) is 18.6 Å². The lowest BCUT2D eigenvalue weighted by Crippen LogP contribution is -2.58. The lowest BCUT2D eigenvalue weighted by molar-refractivity contribution is -0.294. The number of hydrogen-bond acceptors (Lipinski definition) is 3. The van der Waals surface area contributed by atoms with Crippen LogP contribution in [0.5, 0.6) is 0 Å². The molecule has 0 bridgehead atoms. The van der Waals surface area contributed by atoms with Gasteiger partial charge in [-0.15, -0.1) is 11.6 Å². The van der Waals surface area contributed by atoms with E-state index in [9.17, 15) is 18.3 Å². The lowest BCUT2D eigenvalue weighted by Gasteiger charge is -2.35. The highest BCUT2D eigenvalue weighted by Crippen LogP contribution is 2.40. The average molecular weight is 398 g/mol. The third-order valence-electron chi connectivity index (χ3n) is 4.88. The molecule has 142 valence electrons. The van der Waals surface area contributed by atoms with Crippen molar-refractivity contribution in [3.63, 3.8) is 0 Å². The van der Waals surface area contributed by atoms with Gasteiger partial charge in [-0.3, -0.25) is 0 Å². The highest BCUT2D eigenvalue weighted by Gasteiger charge is 2.62. The Morgan fingerprint density at radius 3 is 2.76 bits per heavy atom. The minimum absolute atomic E-state index is 0.175. The van der Waals surface area contributed by atoms with Crippen molar-refractivity contribution in [1.29, 1.82) is 0 Å². The summed E-state index contributed by atoms with van der Waals surface area (Å²) in [4.78, 5) is -0.253. The normalized spacial score (nSPS) is 33.1. The van der Waals surface area contributed by atoms with Crippen LogP contribution in [0.1, 0.15) is 46.5 Å². The zero-order chi connectivity index (χ0) is 19.0. The van der Waals surface area contributed by atoms with Crippen molar-refractivity contribution in [3.05, 3.63) is 11.6 Å². The van der Waals surface area contributed by atoms with Crippen molar-refractivity contribution >= 4 is 34.6 Å². The minimum atomic E-state index is -4.86. The Kier molecular flexibility index (Phi) is 5.76. The Balaban J connectivity index is 1.93. The van der Waals surface area contributed by atoms with E-state index in [1.54, 1.807) is 0 Å². The second kappa shape index (κ2) is 7.04. The third kappa shape index (κ3) is 4.28. The second-order valence-corrected chi connectivity index (χ2v) is 8.32. The van der Waals surface area contributed by atoms with E-state index in [1.807, 2.05) is 6.92 Å². The number of halogens is 4. The molecule has 0 aromatic rings. The van der Waals surface area contributed by atoms with Crippen molar-refractivity contribution < 1.29 is 18.3 Å². The molecule has 3 unspecified atom stereocenters. The van der Waals surface area contributed by atoms with Gasteiger partial charge >= 0.3 is 6.18 Å². The van der Waals surface area contributed by atoms with Crippen molar-refractivity contribution in [2.45, 2.75) is 63.2 Å². The average Bonchev–Trinajstić information content (AvgIpc) is 2.79. The van der Waals surface area contributed by atoms with Crippen LogP contribution in [0.3, 0.4) is 0 Å². The van der Waals surface area contributed by atoms with Crippen LogP contribution in [0.25, 0.3) is 0 Å². The molecule has 2 N–H and O–H groups in total. The quantitative estimate of drug-likeness (QED) is 0.430. The summed E-state index contributed by atoms with van der Waals surface area (Å²) in [7, 11) is 0. The highest BCUT2D eigenvalue weighted by atomic mass is 35.5. The van der Waals surface area contributed by atoms with Crippen LogP contribution >= 0.6 is 23.8 Å². The summed E-state index contributed by atoms with van der Waals surface area (Å²) in [5.41, 5.74) is -1.71. The topological polar surface area (TPSA) is 47.9 Å². The maximum atomic E-state index is 13.2. The van der Waals surface area contributed by atoms with Crippen molar-refractivity contribution in [3.8, 4) is 0 Å². The number of nitrogens with zero attached hydrogens (tertiary/aromatic N) is 2. The van der Waals surface area contributed by atoms with E-state index in [2.05, 4.69) is 23.4 Å². The molecule has 3 atom stereocenters. The molecule has 1 aliphatic carbocycles. The standard InChI is InChI=1S/C16H23ClF3N3OS/c1-10-8-12(4-6-14(10,3)17)5-7-21-13(25)23-15(24,16(18,19)20)9-11(2)22-23/h4,10,24H,5-9H2,1-3H3,(H,21,25). The van der Waals surface area contributed by atoms with Crippen LogP contribution < -0.4 is 5.32 Å². The van der Waals surface area contributed by atoms with E-state index in [0.717, 1.165) is 12.8 Å². The summed E-state index contributed by atoms with van der Waals surface area (Å²) in [6.45, 7) is 5.89. The first-order valence-electron chi connectivity index (χ1n) is 8.15. The van der Waals surface area contributed by atoms with Crippen molar-refractivity contribution in [2.24, 2.45) is 11.0 Å². The third-order valence-corrected chi connectivity index (χ3v) is 5.72. The Bertz CT molecular complexity index is 606. The van der Waals surface area contributed by atoms with Crippen LogP contribution in [-0.4, -0.2) is 44.3 Å². The first-order chi connectivity index (χ1) is 11.4. The summed E-state index contributed by atoms with van der Waals surface area (Å²) in [6.07, 6.45) is -1.12. The fourth-order valence-corrected chi connectivity index (χ4v) is 3.45. The van der Waals surface area contributed by atoms with Gasteiger partial charge in [0.05, 0.1) is 0 Å². The first-order valence-corrected chi connectivity index (χ1v) is 8.93. The van der Waals surface area contributed by atoms with Crippen molar-refractivity contribution in [1.82, 2.24) is 10.3 Å². The van der Waals surface area contributed by atoms with E-state index < -0.39 is 18.3 Å². The van der Waals surface area contributed by atoms with E-state index in [0.29, 0.717) is 23.9 Å². The molecule has 2 aliphatic rings. The molecule has 0 fully saturated rings. The van der Waals surface area contributed by atoms with Gasteiger partial charge in [-0.2, -0.15) is 23.3 Å². The molecule has 0 saturated heterocycles. The van der Waals surface area contributed by atoms with E-state index in [4.69, 9.17) is 23.8 Å². The van der Waals surface area contributed by atoms with Crippen LogP contribution in [-0.2, 0) is 0 Å². The predicted octanol–water partition coefficient (Wildman–Crippen LogP) is 3.94. The minimum Gasteiger partial charge on any atom is -0.362 e. The van der Waals surface area contributed by atoms with Crippen LogP contribution in [0.4, 0.5) is 13.2 Å². The number of hydrogen-bond donors (Lipinski definition) is 2. The summed E-state index contributed by atoms with van der Waals surface area (Å²) in [5, 5.41) is 16.8. The molecular formula is C16H23ClF3N3OS. The summed E-state index contributed by atoms with van der Waals surface area (Å²) >= 11 is 11.4. The van der Waals surface area contributed by atoms with Gasteiger partial charge in [0.15, 0.2) is 5.11 Å². The SMILES string of the molecule is CC1=NN(C(=S)NCCC2=CCC(C)(Cl)C(C)C2)C(O)(C(F)(F)F)C1. The molecule has 2 rings (SSSR count). The van der Waals surface area contributed by atoms with E-state index in [1.165, 1.54) is 12.5 Å². The summed E-state index contributed by atoms with van der Waals surface area (Å²) in [5.74, 6) is 0.322. The first kappa shape index (κ1) is 20.5. The molecule has 0 spiro atoms. The largest absolute Gasteiger partial charge is 0.438 e. The van der Waals surface area contributed by atoms with Gasteiger partial charge < -0.3 is 10.4 Å². The zero-order valence-corrected chi connectivity index (χ0v) is 16.0. The number of rotatable bonds is 3. The Morgan fingerprint density at radius 1 is 1.56 bits per heavy atom. The van der Waals surface area contributed by atoms with Gasteiger partial charge in [-0.25, -0.2) is 0 Å². The summed E-state index contributed by atoms with van der Waals surface area (Å²) < 4.78 is 39.6. The smallest absolute Gasteiger partial charge is 0.362 e. The number of aliphatic hydroxyl groups is 1. The zero-order valence-electron chi connectivity index (χ0n) is 14.5. The van der Waals surface area contributed by atoms with Gasteiger partial charge in [0.25, 0.3) is 5.72 Å². The second-order valence-electron chi connectivity index (χ2n) is 7.07. The highest BCUT2D eigenvalue weighted by molar-refractivity contribution is 7.80. The fourth-order valence-electron chi connectivity index (χ4n) is 3.00. The maximum absolute atomic E-state index is 13.2. The molecule has 0 aromatic heterocycles. The van der Waals surface area contributed by atoms with Crippen LogP contribution in [0.2, 0.25) is 0 Å². The molecule has 0 saturated carbocycles. The van der Waals surface area contributed by atoms with Gasteiger partial charge in [0.1, 0.15) is 0 Å². The van der Waals surface area contributed by atoms with E-state index in [-0.39, 0.29) is 15.7 Å². The molecular weight excluding hydrogens is 375 g/mol. The van der Waals surface area contributed by atoms with Crippen molar-refractivity contribution in [2.75, 3.05) is 6.54 Å². The van der Waals surface area contributed by atoms with Gasteiger partial charge in [-0.05, 0) is 51.2 Å². The Hall–Kier alpha value is -0.860. The number of nitrogens with one attached hydrogen (secondary N) is 1. The van der Waals surface area contributed by atoms with Crippen LogP contribution in [0, 0.1) is 5.92 Å². The maximum Gasteiger partial charge on any atom is 0.438 e. The van der Waals surface area contributed by atoms with E-state index >= 15 is 0 Å². The summed E-state index contributed by atoms with van der Waals surface area (Å²) in [6, 6.07) is 0. The molecule has 0 radical (unpaired) electrons. The fraction of sp³-hybridized carbons (Fsp3) is 0.750. The van der Waals surface area contributed by atoms with Gasteiger partial charge in [0, 0.05) is 23.6 Å². The number of allylic oxidation sites excluding steroid dienone is 1. The van der Waals surface area contributed by atoms with Crippen LogP contribution in [0.15, 0.2) is 16.8 Å². The Labute approximate surface area is 156 Å². The molecule has 0 aromatic carbocycles. The molecule has 0 amide bonds. The predicted molar refractivity (Wildman–Crippen MR) is 96.5 cm³/mol. The Morgan fingerprint density at radius 2 is 2.20 bits per heavy atom.